The second-order valence-corrected chi connectivity index (χ2v) is 11.3. The summed E-state index contributed by atoms with van der Waals surface area (Å²) < 4.78 is 26.4. The molecule has 0 aromatic heterocycles. The van der Waals surface area contributed by atoms with Crippen LogP contribution in [-0.4, -0.2) is 55.4 Å². The van der Waals surface area contributed by atoms with Gasteiger partial charge in [-0.1, -0.05) is 80.1 Å². The minimum absolute atomic E-state index is 0.0169. The SMILES string of the molecule is CCCCNC(=O)[C@@H](Cc1ccccc1)N(Cc1ccccc1)C(=O)CN(c1cccc([N+](=O)[O-])c1)S(C)(=O)=O. The number of non-ortho nitro benzene ring substituents is 1. The molecule has 0 heterocycles. The Morgan fingerprint density at radius 3 is 2.15 bits per heavy atom. The molecule has 0 bridgehead atoms. The number of carbonyl (C=O) groups is 2. The van der Waals surface area contributed by atoms with Gasteiger partial charge in [0.1, 0.15) is 12.6 Å². The third-order valence-electron chi connectivity index (χ3n) is 6.30. The smallest absolute Gasteiger partial charge is 0.271 e. The van der Waals surface area contributed by atoms with Crippen LogP contribution in [0.3, 0.4) is 0 Å². The lowest BCUT2D eigenvalue weighted by atomic mass is 10.0. The molecule has 0 fully saturated rings. The molecule has 2 amide bonds. The number of anilines is 1. The van der Waals surface area contributed by atoms with Gasteiger partial charge in [-0.3, -0.25) is 24.0 Å². The van der Waals surface area contributed by atoms with Crippen molar-refractivity contribution in [1.29, 1.82) is 0 Å². The minimum Gasteiger partial charge on any atom is -0.354 e. The van der Waals surface area contributed by atoms with Gasteiger partial charge in [-0.25, -0.2) is 8.42 Å². The van der Waals surface area contributed by atoms with Gasteiger partial charge < -0.3 is 10.2 Å². The van der Waals surface area contributed by atoms with E-state index in [0.29, 0.717) is 6.54 Å². The normalized spacial score (nSPS) is 11.8. The zero-order chi connectivity index (χ0) is 29.1. The van der Waals surface area contributed by atoms with E-state index in [1.807, 2.05) is 67.6 Å². The zero-order valence-corrected chi connectivity index (χ0v) is 23.4. The van der Waals surface area contributed by atoms with Crippen LogP contribution in [0.5, 0.6) is 0 Å². The number of amides is 2. The van der Waals surface area contributed by atoms with Crippen molar-refractivity contribution in [2.75, 3.05) is 23.7 Å². The Morgan fingerprint density at radius 1 is 0.950 bits per heavy atom. The number of nitro benzene ring substituents is 1. The number of hydrogen-bond acceptors (Lipinski definition) is 6. The molecule has 10 nitrogen and oxygen atoms in total. The highest BCUT2D eigenvalue weighted by molar-refractivity contribution is 7.92. The Morgan fingerprint density at radius 2 is 1.57 bits per heavy atom. The third kappa shape index (κ3) is 8.63. The van der Waals surface area contributed by atoms with Crippen LogP contribution in [0.2, 0.25) is 0 Å². The topological polar surface area (TPSA) is 130 Å². The van der Waals surface area contributed by atoms with Crippen molar-refractivity contribution >= 4 is 33.2 Å². The molecular weight excluding hydrogens is 532 g/mol. The maximum atomic E-state index is 14.0. The van der Waals surface area contributed by atoms with E-state index in [9.17, 15) is 28.1 Å². The summed E-state index contributed by atoms with van der Waals surface area (Å²) in [7, 11) is -4.02. The van der Waals surface area contributed by atoms with Crippen molar-refractivity contribution in [2.24, 2.45) is 0 Å². The van der Waals surface area contributed by atoms with Gasteiger partial charge in [-0.2, -0.15) is 0 Å². The van der Waals surface area contributed by atoms with E-state index in [4.69, 9.17) is 0 Å². The van der Waals surface area contributed by atoms with Gasteiger partial charge in [0.15, 0.2) is 0 Å². The average Bonchev–Trinajstić information content (AvgIpc) is 2.94. The molecule has 0 unspecified atom stereocenters. The quantitative estimate of drug-likeness (QED) is 0.179. The molecule has 3 aromatic carbocycles. The molecule has 212 valence electrons. The second kappa shape index (κ2) is 14.2. The number of sulfonamides is 1. The summed E-state index contributed by atoms with van der Waals surface area (Å²) in [5, 5.41) is 14.2. The largest absolute Gasteiger partial charge is 0.354 e. The number of benzene rings is 3. The van der Waals surface area contributed by atoms with Gasteiger partial charge in [-0.05, 0) is 23.6 Å². The molecule has 0 aliphatic heterocycles. The molecular formula is C29H34N4O6S. The Balaban J connectivity index is 2.03. The fourth-order valence-electron chi connectivity index (χ4n) is 4.22. The van der Waals surface area contributed by atoms with Crippen molar-refractivity contribution in [3.63, 3.8) is 0 Å². The molecule has 0 saturated carbocycles. The van der Waals surface area contributed by atoms with E-state index in [-0.39, 0.29) is 30.2 Å². The van der Waals surface area contributed by atoms with Gasteiger partial charge in [0.05, 0.1) is 16.9 Å². The summed E-state index contributed by atoms with van der Waals surface area (Å²) in [6.45, 7) is 1.87. The van der Waals surface area contributed by atoms with Crippen LogP contribution in [0.15, 0.2) is 84.9 Å². The van der Waals surface area contributed by atoms with Crippen LogP contribution >= 0.6 is 0 Å². The fourth-order valence-corrected chi connectivity index (χ4v) is 5.06. The first-order valence-electron chi connectivity index (χ1n) is 13.0. The number of hydrogen-bond donors (Lipinski definition) is 1. The summed E-state index contributed by atoms with van der Waals surface area (Å²) in [6, 6.07) is 22.6. The Hall–Kier alpha value is -4.25. The van der Waals surface area contributed by atoms with Crippen molar-refractivity contribution in [3.8, 4) is 0 Å². The van der Waals surface area contributed by atoms with Crippen molar-refractivity contribution in [1.82, 2.24) is 10.2 Å². The first-order valence-corrected chi connectivity index (χ1v) is 14.8. The number of nitrogens with zero attached hydrogens (tertiary/aromatic N) is 3. The molecule has 3 rings (SSSR count). The predicted molar refractivity (Wildman–Crippen MR) is 154 cm³/mol. The molecule has 11 heteroatoms. The van der Waals surface area contributed by atoms with E-state index in [0.717, 1.165) is 40.6 Å². The molecule has 0 radical (unpaired) electrons. The molecule has 0 aliphatic rings. The van der Waals surface area contributed by atoms with Crippen molar-refractivity contribution < 1.29 is 22.9 Å². The number of nitro groups is 1. The highest BCUT2D eigenvalue weighted by atomic mass is 32.2. The van der Waals surface area contributed by atoms with Crippen molar-refractivity contribution in [3.05, 3.63) is 106 Å². The number of rotatable bonds is 14. The second-order valence-electron chi connectivity index (χ2n) is 9.40. The molecule has 1 atom stereocenters. The molecule has 3 aromatic rings. The highest BCUT2D eigenvalue weighted by Gasteiger charge is 2.33. The van der Waals surface area contributed by atoms with Gasteiger partial charge in [-0.15, -0.1) is 0 Å². The van der Waals surface area contributed by atoms with E-state index < -0.39 is 33.4 Å². The first kappa shape index (κ1) is 30.3. The van der Waals surface area contributed by atoms with Gasteiger partial charge >= 0.3 is 0 Å². The Kier molecular flexibility index (Phi) is 10.8. The molecule has 0 spiro atoms. The number of nitrogens with one attached hydrogen (secondary N) is 1. The van der Waals surface area contributed by atoms with Gasteiger partial charge in [0.2, 0.25) is 21.8 Å². The van der Waals surface area contributed by atoms with Crippen molar-refractivity contribution in [2.45, 2.75) is 38.8 Å². The van der Waals surface area contributed by atoms with E-state index in [1.54, 1.807) is 0 Å². The highest BCUT2D eigenvalue weighted by Crippen LogP contribution is 2.24. The van der Waals surface area contributed by atoms with Crippen LogP contribution in [0.1, 0.15) is 30.9 Å². The zero-order valence-electron chi connectivity index (χ0n) is 22.6. The van der Waals surface area contributed by atoms with Crippen LogP contribution in [0, 0.1) is 10.1 Å². The summed E-state index contributed by atoms with van der Waals surface area (Å²) in [5.74, 6) is -0.963. The number of unbranched alkanes of at least 4 members (excludes halogenated alkanes) is 1. The third-order valence-corrected chi connectivity index (χ3v) is 7.44. The maximum Gasteiger partial charge on any atom is 0.271 e. The van der Waals surface area contributed by atoms with E-state index in [1.165, 1.54) is 23.1 Å². The molecule has 0 saturated heterocycles. The van der Waals surface area contributed by atoms with Crippen LogP contribution in [-0.2, 0) is 32.6 Å². The molecule has 1 N–H and O–H groups in total. The minimum atomic E-state index is -4.02. The van der Waals surface area contributed by atoms with E-state index in [2.05, 4.69) is 5.32 Å². The summed E-state index contributed by atoms with van der Waals surface area (Å²) >= 11 is 0. The lowest BCUT2D eigenvalue weighted by Gasteiger charge is -2.33. The monoisotopic (exact) mass is 566 g/mol. The fraction of sp³-hybridized carbons (Fsp3) is 0.310. The van der Waals surface area contributed by atoms with Crippen LogP contribution < -0.4 is 9.62 Å². The standard InChI is InChI=1S/C29H34N4O6S/c1-3-4-18-30-29(35)27(19-23-12-7-5-8-13-23)31(21-24-14-9-6-10-15-24)28(34)22-32(40(2,38)39)25-16-11-17-26(20-25)33(36)37/h5-17,20,27H,3-4,18-19,21-22H2,1-2H3,(H,30,35)/t27-/m1/s1. The number of carbonyl (C=O) groups excluding carboxylic acids is 2. The maximum absolute atomic E-state index is 14.0. The average molecular weight is 567 g/mol. The lowest BCUT2D eigenvalue weighted by Crippen LogP contribution is -2.53. The van der Waals surface area contributed by atoms with Gasteiger partial charge in [0.25, 0.3) is 5.69 Å². The summed E-state index contributed by atoms with van der Waals surface area (Å²) in [5.41, 5.74) is 1.27. The predicted octanol–water partition coefficient (Wildman–Crippen LogP) is 3.92. The van der Waals surface area contributed by atoms with E-state index >= 15 is 0 Å². The Bertz CT molecular complexity index is 1400. The molecule has 40 heavy (non-hydrogen) atoms. The first-order chi connectivity index (χ1) is 19.1. The van der Waals surface area contributed by atoms with Crippen LogP contribution in [0.4, 0.5) is 11.4 Å². The Labute approximate surface area is 234 Å². The van der Waals surface area contributed by atoms with Gasteiger partial charge in [0, 0.05) is 31.6 Å². The summed E-state index contributed by atoms with van der Waals surface area (Å²) in [4.78, 5) is 39.6. The summed E-state index contributed by atoms with van der Waals surface area (Å²) in [6.07, 6.45) is 2.79. The van der Waals surface area contributed by atoms with Crippen LogP contribution in [0.25, 0.3) is 0 Å². The molecule has 0 aliphatic carbocycles. The lowest BCUT2D eigenvalue weighted by molar-refractivity contribution is -0.384.